The average molecular weight is 351 g/mol. The number of nitrogens with zero attached hydrogens (tertiary/aromatic N) is 1. The Morgan fingerprint density at radius 2 is 1.77 bits per heavy atom. The number of aromatic amines is 1. The number of benzene rings is 2. The third-order valence-electron chi connectivity index (χ3n) is 3.30. The summed E-state index contributed by atoms with van der Waals surface area (Å²) in [5.74, 6) is 0.811. The molecular weight excluding hydrogens is 339 g/mol. The Labute approximate surface area is 143 Å². The summed E-state index contributed by atoms with van der Waals surface area (Å²) in [6.07, 6.45) is 1.93. The summed E-state index contributed by atoms with van der Waals surface area (Å²) < 4.78 is 7.61. The standard InChI is InChI=1S/C16H12Cl2N2OS/c1-21-12-5-2-10(3-6-12)15-9-20(16(22)19-15)11-4-7-13(17)14(18)8-11/h2-9H,1H3,(H,19,22). The van der Waals surface area contributed by atoms with E-state index in [-0.39, 0.29) is 0 Å². The van der Waals surface area contributed by atoms with Crippen molar-refractivity contribution in [2.24, 2.45) is 0 Å². The van der Waals surface area contributed by atoms with Crippen molar-refractivity contribution in [1.82, 2.24) is 9.55 Å². The molecule has 0 unspecified atom stereocenters. The van der Waals surface area contributed by atoms with Gasteiger partial charge in [-0.2, -0.15) is 0 Å². The SMILES string of the molecule is COc1ccc(-c2cn(-c3ccc(Cl)c(Cl)c3)c(=S)[nH]2)cc1. The minimum atomic E-state index is 0.494. The van der Waals surface area contributed by atoms with Crippen molar-refractivity contribution in [3.63, 3.8) is 0 Å². The van der Waals surface area contributed by atoms with E-state index in [1.807, 2.05) is 41.1 Å². The molecule has 0 amide bonds. The van der Waals surface area contributed by atoms with Crippen LogP contribution < -0.4 is 4.74 Å². The van der Waals surface area contributed by atoms with Gasteiger partial charge in [0.25, 0.3) is 0 Å². The Kier molecular flexibility index (Phi) is 4.25. The summed E-state index contributed by atoms with van der Waals surface area (Å²) in [5.41, 5.74) is 2.79. The molecule has 0 radical (unpaired) electrons. The van der Waals surface area contributed by atoms with Gasteiger partial charge in [0.15, 0.2) is 4.77 Å². The van der Waals surface area contributed by atoms with Gasteiger partial charge >= 0.3 is 0 Å². The lowest BCUT2D eigenvalue weighted by atomic mass is 10.1. The quantitative estimate of drug-likeness (QED) is 0.630. The maximum atomic E-state index is 6.07. The first-order valence-corrected chi connectivity index (χ1v) is 7.66. The molecule has 6 heteroatoms. The molecule has 0 bridgehead atoms. The predicted octanol–water partition coefficient (Wildman–Crippen LogP) is 5.52. The number of hydrogen-bond acceptors (Lipinski definition) is 2. The molecule has 1 N–H and O–H groups in total. The van der Waals surface area contributed by atoms with E-state index in [0.717, 1.165) is 22.7 Å². The lowest BCUT2D eigenvalue weighted by Crippen LogP contribution is -1.91. The molecule has 0 aliphatic carbocycles. The van der Waals surface area contributed by atoms with Crippen LogP contribution in [0.1, 0.15) is 0 Å². The summed E-state index contributed by atoms with van der Waals surface area (Å²) in [4.78, 5) is 3.19. The van der Waals surface area contributed by atoms with Gasteiger partial charge in [-0.15, -0.1) is 0 Å². The van der Waals surface area contributed by atoms with Crippen molar-refractivity contribution in [2.45, 2.75) is 0 Å². The summed E-state index contributed by atoms with van der Waals surface area (Å²) >= 11 is 17.4. The molecule has 0 saturated heterocycles. The number of ether oxygens (including phenoxy) is 1. The van der Waals surface area contributed by atoms with Gasteiger partial charge in [0.2, 0.25) is 0 Å². The molecule has 0 aliphatic heterocycles. The van der Waals surface area contributed by atoms with Gasteiger partial charge in [0, 0.05) is 11.9 Å². The summed E-state index contributed by atoms with van der Waals surface area (Å²) in [6, 6.07) is 13.2. The number of H-pyrrole nitrogens is 1. The molecule has 0 fully saturated rings. The maximum absolute atomic E-state index is 6.07. The molecule has 1 heterocycles. The fraction of sp³-hybridized carbons (Fsp3) is 0.0625. The van der Waals surface area contributed by atoms with Crippen molar-refractivity contribution in [3.8, 4) is 22.7 Å². The number of nitrogens with one attached hydrogen (secondary N) is 1. The van der Waals surface area contributed by atoms with Crippen LogP contribution in [0, 0.1) is 4.77 Å². The van der Waals surface area contributed by atoms with Crippen LogP contribution in [0.25, 0.3) is 16.9 Å². The Hall–Kier alpha value is -1.75. The van der Waals surface area contributed by atoms with Crippen LogP contribution in [0.2, 0.25) is 10.0 Å². The number of imidazole rings is 1. The zero-order chi connectivity index (χ0) is 15.7. The molecule has 1 aromatic heterocycles. The van der Waals surface area contributed by atoms with E-state index >= 15 is 0 Å². The van der Waals surface area contributed by atoms with Crippen LogP contribution in [0.3, 0.4) is 0 Å². The van der Waals surface area contributed by atoms with Gasteiger partial charge in [0.05, 0.1) is 22.8 Å². The number of halogens is 2. The van der Waals surface area contributed by atoms with Crippen molar-refractivity contribution in [2.75, 3.05) is 7.11 Å². The minimum absolute atomic E-state index is 0.494. The highest BCUT2D eigenvalue weighted by atomic mass is 35.5. The summed E-state index contributed by atoms with van der Waals surface area (Å²) in [6.45, 7) is 0. The molecule has 22 heavy (non-hydrogen) atoms. The molecule has 0 atom stereocenters. The van der Waals surface area contributed by atoms with E-state index in [0.29, 0.717) is 14.8 Å². The molecule has 3 aromatic rings. The summed E-state index contributed by atoms with van der Waals surface area (Å²) in [7, 11) is 1.64. The number of methoxy groups -OCH3 is 1. The zero-order valence-corrected chi connectivity index (χ0v) is 14.0. The third kappa shape index (κ3) is 2.90. The van der Waals surface area contributed by atoms with E-state index < -0.39 is 0 Å². The van der Waals surface area contributed by atoms with Crippen LogP contribution in [0.5, 0.6) is 5.75 Å². The Morgan fingerprint density at radius 3 is 2.41 bits per heavy atom. The van der Waals surface area contributed by atoms with Gasteiger partial charge in [-0.1, -0.05) is 23.2 Å². The van der Waals surface area contributed by atoms with Crippen LogP contribution in [-0.4, -0.2) is 16.7 Å². The fourth-order valence-corrected chi connectivity index (χ4v) is 2.70. The number of aromatic nitrogens is 2. The molecule has 3 nitrogen and oxygen atoms in total. The first-order chi connectivity index (χ1) is 10.6. The van der Waals surface area contributed by atoms with Gasteiger partial charge < -0.3 is 9.72 Å². The Morgan fingerprint density at radius 1 is 1.05 bits per heavy atom. The minimum Gasteiger partial charge on any atom is -0.497 e. The average Bonchev–Trinajstić information content (AvgIpc) is 2.92. The summed E-state index contributed by atoms with van der Waals surface area (Å²) in [5, 5.41) is 1.01. The van der Waals surface area contributed by atoms with Crippen molar-refractivity contribution in [3.05, 3.63) is 63.5 Å². The highest BCUT2D eigenvalue weighted by Gasteiger charge is 2.07. The molecule has 3 rings (SSSR count). The Balaban J connectivity index is 2.02. The second kappa shape index (κ2) is 6.16. The largest absolute Gasteiger partial charge is 0.497 e. The first-order valence-electron chi connectivity index (χ1n) is 6.50. The molecule has 0 saturated carbocycles. The van der Waals surface area contributed by atoms with Crippen molar-refractivity contribution >= 4 is 35.4 Å². The zero-order valence-electron chi connectivity index (χ0n) is 11.6. The molecule has 0 spiro atoms. The topological polar surface area (TPSA) is 29.9 Å². The normalized spacial score (nSPS) is 10.7. The first kappa shape index (κ1) is 15.2. The lowest BCUT2D eigenvalue weighted by Gasteiger charge is -2.04. The van der Waals surface area contributed by atoms with Gasteiger partial charge in [-0.05, 0) is 60.2 Å². The predicted molar refractivity (Wildman–Crippen MR) is 93.0 cm³/mol. The monoisotopic (exact) mass is 350 g/mol. The molecular formula is C16H12Cl2N2OS. The van der Waals surface area contributed by atoms with Gasteiger partial charge in [-0.25, -0.2) is 0 Å². The van der Waals surface area contributed by atoms with E-state index in [1.165, 1.54) is 0 Å². The van der Waals surface area contributed by atoms with Gasteiger partial charge in [-0.3, -0.25) is 4.57 Å². The fourth-order valence-electron chi connectivity index (χ4n) is 2.14. The lowest BCUT2D eigenvalue weighted by molar-refractivity contribution is 0.415. The molecule has 112 valence electrons. The Bertz CT molecular complexity index is 869. The smallest absolute Gasteiger partial charge is 0.182 e. The third-order valence-corrected chi connectivity index (χ3v) is 4.34. The molecule has 0 aliphatic rings. The highest BCUT2D eigenvalue weighted by Crippen LogP contribution is 2.27. The van der Waals surface area contributed by atoms with Crippen molar-refractivity contribution < 1.29 is 4.74 Å². The van der Waals surface area contributed by atoms with Crippen LogP contribution in [0.15, 0.2) is 48.7 Å². The van der Waals surface area contributed by atoms with Crippen molar-refractivity contribution in [1.29, 1.82) is 0 Å². The van der Waals surface area contributed by atoms with E-state index in [2.05, 4.69) is 4.98 Å². The van der Waals surface area contributed by atoms with E-state index in [1.54, 1.807) is 19.2 Å². The second-order valence-corrected chi connectivity index (χ2v) is 5.87. The second-order valence-electron chi connectivity index (χ2n) is 4.67. The number of hydrogen-bond donors (Lipinski definition) is 1. The van der Waals surface area contributed by atoms with E-state index in [9.17, 15) is 0 Å². The van der Waals surface area contributed by atoms with E-state index in [4.69, 9.17) is 40.2 Å². The highest BCUT2D eigenvalue weighted by molar-refractivity contribution is 7.71. The number of rotatable bonds is 3. The van der Waals surface area contributed by atoms with Crippen LogP contribution in [0.4, 0.5) is 0 Å². The van der Waals surface area contributed by atoms with Crippen LogP contribution >= 0.6 is 35.4 Å². The molecule has 2 aromatic carbocycles. The van der Waals surface area contributed by atoms with Crippen LogP contribution in [-0.2, 0) is 0 Å². The maximum Gasteiger partial charge on any atom is 0.182 e. The van der Waals surface area contributed by atoms with Gasteiger partial charge in [0.1, 0.15) is 5.75 Å².